The number of guanidine groups is 1. The lowest BCUT2D eigenvalue weighted by Gasteiger charge is -2.29. The van der Waals surface area contributed by atoms with Gasteiger partial charge in [-0.3, -0.25) is 4.79 Å². The van der Waals surface area contributed by atoms with Crippen LogP contribution in [0.25, 0.3) is 0 Å². The van der Waals surface area contributed by atoms with Crippen molar-refractivity contribution in [2.45, 2.75) is 33.4 Å². The topological polar surface area (TPSA) is 47.9 Å². The van der Waals surface area contributed by atoms with Crippen LogP contribution < -0.4 is 5.32 Å². The Morgan fingerprint density at radius 3 is 2.55 bits per heavy atom. The van der Waals surface area contributed by atoms with E-state index in [0.717, 1.165) is 32.0 Å². The second-order valence-corrected chi connectivity index (χ2v) is 7.29. The van der Waals surface area contributed by atoms with Gasteiger partial charge in [0.15, 0.2) is 5.96 Å². The molecule has 0 fully saturated rings. The van der Waals surface area contributed by atoms with E-state index >= 15 is 0 Å². The van der Waals surface area contributed by atoms with Crippen molar-refractivity contribution in [1.82, 2.24) is 15.1 Å². The highest BCUT2D eigenvalue weighted by Gasteiger charge is 2.20. The first-order valence-corrected chi connectivity index (χ1v) is 9.97. The van der Waals surface area contributed by atoms with Crippen molar-refractivity contribution in [3.8, 4) is 0 Å². The van der Waals surface area contributed by atoms with Crippen molar-refractivity contribution in [3.05, 3.63) is 70.8 Å². The monoisotopic (exact) mass is 506 g/mol. The maximum Gasteiger partial charge on any atom is 0.244 e. The van der Waals surface area contributed by atoms with E-state index in [1.165, 1.54) is 22.3 Å². The summed E-state index contributed by atoms with van der Waals surface area (Å²) in [4.78, 5) is 21.3. The van der Waals surface area contributed by atoms with Crippen molar-refractivity contribution in [2.75, 3.05) is 26.7 Å². The highest BCUT2D eigenvalue weighted by molar-refractivity contribution is 14.0. The van der Waals surface area contributed by atoms with E-state index in [9.17, 15) is 4.79 Å². The smallest absolute Gasteiger partial charge is 0.244 e. The van der Waals surface area contributed by atoms with Crippen LogP contribution in [0.2, 0.25) is 0 Å². The Morgan fingerprint density at radius 2 is 1.83 bits per heavy atom. The van der Waals surface area contributed by atoms with E-state index in [-0.39, 0.29) is 36.4 Å². The van der Waals surface area contributed by atoms with Gasteiger partial charge in [0.25, 0.3) is 0 Å². The van der Waals surface area contributed by atoms with Gasteiger partial charge in [0.1, 0.15) is 6.54 Å². The largest absolute Gasteiger partial charge is 0.357 e. The molecule has 2 aromatic carbocycles. The summed E-state index contributed by atoms with van der Waals surface area (Å²) < 4.78 is 0. The van der Waals surface area contributed by atoms with Crippen LogP contribution in [0.5, 0.6) is 0 Å². The number of carbonyl (C=O) groups is 1. The molecule has 0 aliphatic carbocycles. The number of halogens is 1. The van der Waals surface area contributed by atoms with Gasteiger partial charge in [0, 0.05) is 33.2 Å². The van der Waals surface area contributed by atoms with Crippen LogP contribution in [0.4, 0.5) is 0 Å². The second-order valence-electron chi connectivity index (χ2n) is 7.29. The van der Waals surface area contributed by atoms with E-state index in [1.807, 2.05) is 31.0 Å². The Morgan fingerprint density at radius 1 is 1.14 bits per heavy atom. The molecular formula is C23H31IN4O. The number of benzene rings is 2. The molecule has 0 bridgehead atoms. The molecule has 2 aromatic rings. The zero-order chi connectivity index (χ0) is 19.9. The fourth-order valence-corrected chi connectivity index (χ4v) is 3.54. The highest BCUT2D eigenvalue weighted by atomic mass is 127. The fourth-order valence-electron chi connectivity index (χ4n) is 3.54. The van der Waals surface area contributed by atoms with Gasteiger partial charge < -0.3 is 15.1 Å². The molecule has 1 heterocycles. The summed E-state index contributed by atoms with van der Waals surface area (Å²) in [6, 6.07) is 16.7. The van der Waals surface area contributed by atoms with Crippen molar-refractivity contribution in [3.63, 3.8) is 0 Å². The average Bonchev–Trinajstić information content (AvgIpc) is 2.72. The summed E-state index contributed by atoms with van der Waals surface area (Å²) >= 11 is 0. The zero-order valence-corrected chi connectivity index (χ0v) is 19.8. The Balaban J connectivity index is 0.00000300. The lowest BCUT2D eigenvalue weighted by Crippen LogP contribution is -2.41. The molecule has 3 rings (SSSR count). The summed E-state index contributed by atoms with van der Waals surface area (Å²) in [5, 5.41) is 3.30. The normalized spacial score (nSPS) is 13.3. The summed E-state index contributed by atoms with van der Waals surface area (Å²) in [6.07, 6.45) is 0.916. The van der Waals surface area contributed by atoms with Crippen molar-refractivity contribution < 1.29 is 4.79 Å². The zero-order valence-electron chi connectivity index (χ0n) is 17.5. The number of amides is 1. The Labute approximate surface area is 191 Å². The summed E-state index contributed by atoms with van der Waals surface area (Å²) in [7, 11) is 2.01. The standard InChI is InChI=1S/C23H30N4O.HI/c1-4-24-23(26(3)16-20-11-6-5-9-18(20)2)25-15-22(28)27-14-13-19-10-7-8-12-21(19)17-27;/h5-12H,4,13-17H2,1-3H3,(H,24,25);1H. The number of aryl methyl sites for hydroxylation is 1. The Hall–Kier alpha value is -2.09. The Kier molecular flexibility index (Phi) is 8.95. The number of nitrogens with zero attached hydrogens (tertiary/aromatic N) is 3. The number of nitrogens with one attached hydrogen (secondary N) is 1. The second kappa shape index (κ2) is 11.2. The predicted molar refractivity (Wildman–Crippen MR) is 130 cm³/mol. The van der Waals surface area contributed by atoms with Gasteiger partial charge in [-0.25, -0.2) is 4.99 Å². The summed E-state index contributed by atoms with van der Waals surface area (Å²) in [5.74, 6) is 0.839. The molecule has 0 spiro atoms. The minimum absolute atomic E-state index is 0. The van der Waals surface area contributed by atoms with Crippen LogP contribution in [0.15, 0.2) is 53.5 Å². The summed E-state index contributed by atoms with van der Waals surface area (Å²) in [6.45, 7) is 7.29. The number of hydrogen-bond acceptors (Lipinski definition) is 2. The van der Waals surface area contributed by atoms with Gasteiger partial charge in [-0.2, -0.15) is 0 Å². The molecule has 1 aliphatic rings. The highest BCUT2D eigenvalue weighted by Crippen LogP contribution is 2.18. The van der Waals surface area contributed by atoms with Crippen LogP contribution in [-0.4, -0.2) is 48.3 Å². The van der Waals surface area contributed by atoms with Crippen LogP contribution in [0.3, 0.4) is 0 Å². The molecule has 0 unspecified atom stereocenters. The van der Waals surface area contributed by atoms with E-state index in [0.29, 0.717) is 6.54 Å². The fraction of sp³-hybridized carbons (Fsp3) is 0.391. The van der Waals surface area contributed by atoms with Gasteiger partial charge >= 0.3 is 0 Å². The first-order chi connectivity index (χ1) is 13.6. The molecule has 0 saturated heterocycles. The van der Waals surface area contributed by atoms with Gasteiger partial charge in [0.2, 0.25) is 5.91 Å². The minimum atomic E-state index is 0. The van der Waals surface area contributed by atoms with E-state index in [4.69, 9.17) is 0 Å². The van der Waals surface area contributed by atoms with E-state index in [1.54, 1.807) is 0 Å². The SMILES string of the molecule is CCNC(=NCC(=O)N1CCc2ccccc2C1)N(C)Cc1ccccc1C.I. The molecule has 0 radical (unpaired) electrons. The Bertz CT molecular complexity index is 852. The number of carbonyl (C=O) groups excluding carboxylic acids is 1. The van der Waals surface area contributed by atoms with Gasteiger partial charge in [-0.05, 0) is 42.5 Å². The molecule has 1 aliphatic heterocycles. The first kappa shape index (κ1) is 23.2. The number of hydrogen-bond donors (Lipinski definition) is 1. The van der Waals surface area contributed by atoms with Crippen LogP contribution in [0.1, 0.15) is 29.2 Å². The molecule has 156 valence electrons. The molecule has 1 N–H and O–H groups in total. The number of fused-ring (bicyclic) bond motifs is 1. The number of aliphatic imine (C=N–C) groups is 1. The lowest BCUT2D eigenvalue weighted by atomic mass is 10.00. The maximum atomic E-state index is 12.7. The molecule has 1 amide bonds. The van der Waals surface area contributed by atoms with E-state index in [2.05, 4.69) is 58.5 Å². The van der Waals surface area contributed by atoms with Crippen LogP contribution in [-0.2, 0) is 24.3 Å². The molecule has 5 nitrogen and oxygen atoms in total. The molecule has 6 heteroatoms. The third-order valence-corrected chi connectivity index (χ3v) is 5.21. The van der Waals surface area contributed by atoms with Crippen LogP contribution in [0, 0.1) is 6.92 Å². The molecular weight excluding hydrogens is 475 g/mol. The van der Waals surface area contributed by atoms with Crippen molar-refractivity contribution in [1.29, 1.82) is 0 Å². The minimum Gasteiger partial charge on any atom is -0.357 e. The van der Waals surface area contributed by atoms with E-state index < -0.39 is 0 Å². The third kappa shape index (κ3) is 6.19. The quantitative estimate of drug-likeness (QED) is 0.383. The average molecular weight is 506 g/mol. The maximum absolute atomic E-state index is 12.7. The number of rotatable bonds is 5. The van der Waals surface area contributed by atoms with Crippen molar-refractivity contribution >= 4 is 35.8 Å². The van der Waals surface area contributed by atoms with Crippen LogP contribution >= 0.6 is 24.0 Å². The predicted octanol–water partition coefficient (Wildman–Crippen LogP) is 3.60. The third-order valence-electron chi connectivity index (χ3n) is 5.21. The molecule has 0 saturated carbocycles. The van der Waals surface area contributed by atoms with Gasteiger partial charge in [0.05, 0.1) is 0 Å². The van der Waals surface area contributed by atoms with Gasteiger partial charge in [-0.15, -0.1) is 24.0 Å². The molecule has 0 atom stereocenters. The van der Waals surface area contributed by atoms with Gasteiger partial charge in [-0.1, -0.05) is 48.5 Å². The molecule has 29 heavy (non-hydrogen) atoms. The lowest BCUT2D eigenvalue weighted by molar-refractivity contribution is -0.130. The molecule has 0 aromatic heterocycles. The van der Waals surface area contributed by atoms with Crippen molar-refractivity contribution in [2.24, 2.45) is 4.99 Å². The summed E-state index contributed by atoms with van der Waals surface area (Å²) in [5.41, 5.74) is 5.11. The first-order valence-electron chi connectivity index (χ1n) is 9.97.